The molecule has 102 valence electrons. The molecule has 1 atom stereocenters. The standard InChI is InChI=1S/C14H18ClN3O/c1-9-5-6-10(7-11(9)15)13(16-2)14-12(19-4)8-17-18(14)3/h5-8,13,16H,1-4H3. The summed E-state index contributed by atoms with van der Waals surface area (Å²) in [5.74, 6) is 0.763. The van der Waals surface area contributed by atoms with Crippen molar-refractivity contribution in [1.82, 2.24) is 15.1 Å². The van der Waals surface area contributed by atoms with Crippen molar-refractivity contribution < 1.29 is 4.74 Å². The SMILES string of the molecule is CNC(c1ccc(C)c(Cl)c1)c1c(OC)cnn1C. The molecule has 2 rings (SSSR count). The fourth-order valence-electron chi connectivity index (χ4n) is 2.16. The van der Waals surface area contributed by atoms with Gasteiger partial charge in [-0.05, 0) is 31.2 Å². The van der Waals surface area contributed by atoms with Gasteiger partial charge in [-0.15, -0.1) is 0 Å². The Hall–Kier alpha value is -1.52. The molecule has 0 saturated carbocycles. The summed E-state index contributed by atoms with van der Waals surface area (Å²) in [6.07, 6.45) is 1.72. The van der Waals surface area contributed by atoms with Crippen LogP contribution in [0.3, 0.4) is 0 Å². The zero-order valence-corrected chi connectivity index (χ0v) is 12.3. The summed E-state index contributed by atoms with van der Waals surface area (Å²) in [6.45, 7) is 1.99. The molecule has 1 aromatic carbocycles. The molecule has 0 fully saturated rings. The predicted molar refractivity (Wildman–Crippen MR) is 76.9 cm³/mol. The van der Waals surface area contributed by atoms with E-state index in [1.165, 1.54) is 0 Å². The smallest absolute Gasteiger partial charge is 0.161 e. The number of benzene rings is 1. The molecule has 0 aliphatic rings. The summed E-state index contributed by atoms with van der Waals surface area (Å²) in [7, 11) is 5.46. The number of aromatic nitrogens is 2. The fraction of sp³-hybridized carbons (Fsp3) is 0.357. The minimum Gasteiger partial charge on any atom is -0.493 e. The maximum Gasteiger partial charge on any atom is 0.161 e. The second-order valence-corrected chi connectivity index (χ2v) is 4.86. The van der Waals surface area contributed by atoms with E-state index in [4.69, 9.17) is 16.3 Å². The summed E-state index contributed by atoms with van der Waals surface area (Å²) >= 11 is 6.21. The first-order valence-electron chi connectivity index (χ1n) is 6.07. The average molecular weight is 280 g/mol. The molecule has 1 N–H and O–H groups in total. The lowest BCUT2D eigenvalue weighted by Crippen LogP contribution is -2.21. The lowest BCUT2D eigenvalue weighted by atomic mass is 10.0. The monoisotopic (exact) mass is 279 g/mol. The van der Waals surface area contributed by atoms with Crippen LogP contribution in [-0.4, -0.2) is 23.9 Å². The second-order valence-electron chi connectivity index (χ2n) is 4.45. The third kappa shape index (κ3) is 2.60. The van der Waals surface area contributed by atoms with E-state index in [-0.39, 0.29) is 6.04 Å². The van der Waals surface area contributed by atoms with E-state index in [1.54, 1.807) is 13.3 Å². The van der Waals surface area contributed by atoms with Crippen molar-refractivity contribution in [3.8, 4) is 5.75 Å². The highest BCUT2D eigenvalue weighted by molar-refractivity contribution is 6.31. The Labute approximate surface area is 118 Å². The van der Waals surface area contributed by atoms with E-state index in [2.05, 4.69) is 16.5 Å². The summed E-state index contributed by atoms with van der Waals surface area (Å²) in [4.78, 5) is 0. The van der Waals surface area contributed by atoms with Gasteiger partial charge in [-0.3, -0.25) is 4.68 Å². The maximum atomic E-state index is 6.21. The Balaban J connectivity index is 2.49. The third-order valence-electron chi connectivity index (χ3n) is 3.26. The Bertz CT molecular complexity index is 580. The van der Waals surface area contributed by atoms with Crippen LogP contribution in [-0.2, 0) is 7.05 Å². The van der Waals surface area contributed by atoms with E-state index in [9.17, 15) is 0 Å². The third-order valence-corrected chi connectivity index (χ3v) is 3.67. The van der Waals surface area contributed by atoms with Crippen LogP contribution in [0.2, 0.25) is 5.02 Å². The number of aryl methyl sites for hydroxylation is 2. The van der Waals surface area contributed by atoms with E-state index >= 15 is 0 Å². The average Bonchev–Trinajstić information content (AvgIpc) is 2.76. The van der Waals surface area contributed by atoms with E-state index in [0.717, 1.165) is 27.6 Å². The van der Waals surface area contributed by atoms with Gasteiger partial charge in [0.05, 0.1) is 19.3 Å². The zero-order valence-electron chi connectivity index (χ0n) is 11.6. The number of methoxy groups -OCH3 is 1. The molecular weight excluding hydrogens is 262 g/mol. The molecule has 0 bridgehead atoms. The van der Waals surface area contributed by atoms with E-state index in [0.29, 0.717) is 0 Å². The van der Waals surface area contributed by atoms with Crippen LogP contribution in [0.5, 0.6) is 5.75 Å². The van der Waals surface area contributed by atoms with Gasteiger partial charge in [0.2, 0.25) is 0 Å². The van der Waals surface area contributed by atoms with Gasteiger partial charge in [0.25, 0.3) is 0 Å². The Morgan fingerprint density at radius 1 is 1.42 bits per heavy atom. The molecule has 0 radical (unpaired) electrons. The maximum absolute atomic E-state index is 6.21. The van der Waals surface area contributed by atoms with Crippen LogP contribution in [0.15, 0.2) is 24.4 Å². The molecule has 1 aromatic heterocycles. The van der Waals surface area contributed by atoms with Crippen molar-refractivity contribution in [1.29, 1.82) is 0 Å². The van der Waals surface area contributed by atoms with Crippen LogP contribution in [0.1, 0.15) is 22.9 Å². The summed E-state index contributed by atoms with van der Waals surface area (Å²) in [5, 5.41) is 8.29. The number of halogens is 1. The highest BCUT2D eigenvalue weighted by atomic mass is 35.5. The van der Waals surface area contributed by atoms with Crippen molar-refractivity contribution in [3.05, 3.63) is 46.2 Å². The van der Waals surface area contributed by atoms with Crippen LogP contribution in [0, 0.1) is 6.92 Å². The topological polar surface area (TPSA) is 39.1 Å². The number of hydrogen-bond acceptors (Lipinski definition) is 3. The number of ether oxygens (including phenoxy) is 1. The first-order valence-corrected chi connectivity index (χ1v) is 6.45. The largest absolute Gasteiger partial charge is 0.493 e. The van der Waals surface area contributed by atoms with Gasteiger partial charge in [0.1, 0.15) is 5.69 Å². The van der Waals surface area contributed by atoms with Crippen molar-refractivity contribution in [3.63, 3.8) is 0 Å². The van der Waals surface area contributed by atoms with Crippen LogP contribution >= 0.6 is 11.6 Å². The quantitative estimate of drug-likeness (QED) is 0.935. The normalized spacial score (nSPS) is 12.5. The summed E-state index contributed by atoms with van der Waals surface area (Å²) < 4.78 is 7.18. The number of hydrogen-bond donors (Lipinski definition) is 1. The number of nitrogens with zero attached hydrogens (tertiary/aromatic N) is 2. The minimum atomic E-state index is -0.0134. The highest BCUT2D eigenvalue weighted by Gasteiger charge is 2.21. The van der Waals surface area contributed by atoms with Gasteiger partial charge in [-0.2, -0.15) is 5.10 Å². The van der Waals surface area contributed by atoms with Gasteiger partial charge < -0.3 is 10.1 Å². The van der Waals surface area contributed by atoms with Crippen molar-refractivity contribution in [2.24, 2.45) is 7.05 Å². The zero-order chi connectivity index (χ0) is 14.0. The van der Waals surface area contributed by atoms with Crippen LogP contribution < -0.4 is 10.1 Å². The molecule has 0 amide bonds. The van der Waals surface area contributed by atoms with E-state index in [1.807, 2.05) is 37.8 Å². The molecule has 2 aromatic rings. The molecule has 19 heavy (non-hydrogen) atoms. The van der Waals surface area contributed by atoms with Crippen molar-refractivity contribution in [2.75, 3.05) is 14.2 Å². The molecule has 0 aliphatic heterocycles. The predicted octanol–water partition coefficient (Wildman–Crippen LogP) is 2.70. The van der Waals surface area contributed by atoms with Gasteiger partial charge in [-0.1, -0.05) is 23.7 Å². The first-order chi connectivity index (χ1) is 9.08. The molecule has 4 nitrogen and oxygen atoms in total. The minimum absolute atomic E-state index is 0.0134. The van der Waals surface area contributed by atoms with Crippen molar-refractivity contribution >= 4 is 11.6 Å². The Kier molecular flexibility index (Phi) is 4.12. The summed E-state index contributed by atoms with van der Waals surface area (Å²) in [6, 6.07) is 6.05. The Morgan fingerprint density at radius 2 is 2.16 bits per heavy atom. The van der Waals surface area contributed by atoms with Gasteiger partial charge in [0.15, 0.2) is 5.75 Å². The first kappa shape index (κ1) is 13.9. The molecule has 1 unspecified atom stereocenters. The van der Waals surface area contributed by atoms with Gasteiger partial charge >= 0.3 is 0 Å². The lowest BCUT2D eigenvalue weighted by molar-refractivity contribution is 0.402. The molecule has 0 spiro atoms. The van der Waals surface area contributed by atoms with Crippen molar-refractivity contribution in [2.45, 2.75) is 13.0 Å². The van der Waals surface area contributed by atoms with Gasteiger partial charge in [0, 0.05) is 12.1 Å². The second kappa shape index (κ2) is 5.63. The van der Waals surface area contributed by atoms with E-state index < -0.39 is 0 Å². The molecular formula is C14H18ClN3O. The molecule has 5 heteroatoms. The molecule has 0 saturated heterocycles. The molecule has 0 aliphatic carbocycles. The van der Waals surface area contributed by atoms with Gasteiger partial charge in [-0.25, -0.2) is 0 Å². The fourth-order valence-corrected chi connectivity index (χ4v) is 2.35. The van der Waals surface area contributed by atoms with Crippen LogP contribution in [0.25, 0.3) is 0 Å². The Morgan fingerprint density at radius 3 is 2.74 bits per heavy atom. The molecule has 1 heterocycles. The lowest BCUT2D eigenvalue weighted by Gasteiger charge is -2.19. The number of rotatable bonds is 4. The summed E-state index contributed by atoms with van der Waals surface area (Å²) in [5.41, 5.74) is 3.13. The van der Waals surface area contributed by atoms with Crippen LogP contribution in [0.4, 0.5) is 0 Å². The number of nitrogens with one attached hydrogen (secondary N) is 1. The highest BCUT2D eigenvalue weighted by Crippen LogP contribution is 2.31.